The SMILES string of the molecule is Fc1ccc(O[B-](c2c(F)c(F)c(F)c(F)c2F)(c2c(F)c(F)c(F)c(F)c2F)c2c(F)c(F)c(F)c(F)c2F)cc1. The molecule has 4 aromatic rings. The average molecular weight is 623 g/mol. The van der Waals surface area contributed by atoms with Crippen molar-refractivity contribution in [1.29, 1.82) is 0 Å². The second-order valence-corrected chi connectivity index (χ2v) is 8.31. The van der Waals surface area contributed by atoms with Crippen LogP contribution in [0.1, 0.15) is 0 Å². The molecular weight excluding hydrogens is 619 g/mol. The third-order valence-corrected chi connectivity index (χ3v) is 6.08. The number of halogens is 16. The molecule has 42 heavy (non-hydrogen) atoms. The molecule has 0 N–H and O–H groups in total. The van der Waals surface area contributed by atoms with Gasteiger partial charge in [-0.15, -0.1) is 0 Å². The van der Waals surface area contributed by atoms with E-state index in [2.05, 4.69) is 0 Å². The molecule has 0 amide bonds. The van der Waals surface area contributed by atoms with Crippen LogP contribution in [0.25, 0.3) is 0 Å². The second kappa shape index (κ2) is 10.5. The molecule has 0 aliphatic carbocycles. The number of benzene rings is 4. The number of hydrogen-bond donors (Lipinski definition) is 0. The first-order chi connectivity index (χ1) is 19.5. The molecule has 0 radical (unpaired) electrons. The summed E-state index contributed by atoms with van der Waals surface area (Å²) in [4.78, 5) is 0. The first kappa shape index (κ1) is 30.6. The fourth-order valence-electron chi connectivity index (χ4n) is 4.26. The Morgan fingerprint density at radius 2 is 0.524 bits per heavy atom. The molecule has 0 aromatic heterocycles. The summed E-state index contributed by atoms with van der Waals surface area (Å²) in [6, 6.07) is 1.20. The minimum atomic E-state index is -6.23. The summed E-state index contributed by atoms with van der Waals surface area (Å²) in [5.74, 6) is -50.1. The first-order valence-electron chi connectivity index (χ1n) is 10.7. The highest BCUT2D eigenvalue weighted by Gasteiger charge is 2.50. The van der Waals surface area contributed by atoms with E-state index in [1.165, 1.54) is 0 Å². The van der Waals surface area contributed by atoms with Crippen LogP contribution >= 0.6 is 0 Å². The van der Waals surface area contributed by atoms with Gasteiger partial charge in [0.15, 0.2) is 52.4 Å². The molecule has 0 saturated heterocycles. The van der Waals surface area contributed by atoms with Crippen molar-refractivity contribution >= 4 is 22.7 Å². The molecular formula is C24H4BF16O-. The van der Waals surface area contributed by atoms with Crippen LogP contribution in [0.15, 0.2) is 24.3 Å². The van der Waals surface area contributed by atoms with E-state index in [0.29, 0.717) is 12.1 Å². The van der Waals surface area contributed by atoms with E-state index in [9.17, 15) is 43.9 Å². The molecule has 0 aliphatic rings. The van der Waals surface area contributed by atoms with Gasteiger partial charge in [0.2, 0.25) is 0 Å². The molecule has 18 heteroatoms. The van der Waals surface area contributed by atoms with Gasteiger partial charge in [0.25, 0.3) is 6.35 Å². The Labute approximate surface area is 221 Å². The van der Waals surface area contributed by atoms with Crippen LogP contribution < -0.4 is 21.0 Å². The number of rotatable bonds is 5. The Bertz CT molecular complexity index is 1520. The molecule has 1 nitrogen and oxygen atoms in total. The number of hydrogen-bond acceptors (Lipinski definition) is 1. The van der Waals surface area contributed by atoms with Crippen LogP contribution in [-0.2, 0) is 0 Å². The minimum absolute atomic E-state index is 0.274. The summed E-state index contributed by atoms with van der Waals surface area (Å²) in [5.41, 5.74) is -8.83. The molecule has 4 aromatic carbocycles. The van der Waals surface area contributed by atoms with Gasteiger partial charge in [-0.05, 0) is 24.3 Å². The first-order valence-corrected chi connectivity index (χ1v) is 10.7. The van der Waals surface area contributed by atoms with Crippen LogP contribution in [0.4, 0.5) is 70.2 Å². The summed E-state index contributed by atoms with van der Waals surface area (Å²) in [7, 11) is 0. The van der Waals surface area contributed by atoms with Crippen LogP contribution in [0, 0.1) is 93.1 Å². The van der Waals surface area contributed by atoms with Gasteiger partial charge in [-0.1, -0.05) is 16.4 Å². The van der Waals surface area contributed by atoms with Crippen LogP contribution in [0.3, 0.4) is 0 Å². The van der Waals surface area contributed by atoms with Gasteiger partial charge in [-0.2, -0.15) is 0 Å². The molecule has 0 atom stereocenters. The lowest BCUT2D eigenvalue weighted by Crippen LogP contribution is -2.77. The maximum Gasteiger partial charge on any atom is 0.266 e. The lowest BCUT2D eigenvalue weighted by Gasteiger charge is -2.45. The van der Waals surface area contributed by atoms with Crippen molar-refractivity contribution in [2.75, 3.05) is 0 Å². The van der Waals surface area contributed by atoms with E-state index >= 15 is 26.3 Å². The second-order valence-electron chi connectivity index (χ2n) is 8.31. The predicted octanol–water partition coefficient (Wildman–Crippen LogP) is 5.96. The third-order valence-electron chi connectivity index (χ3n) is 6.08. The normalized spacial score (nSPS) is 11.8. The topological polar surface area (TPSA) is 9.23 Å². The Hall–Kier alpha value is -4.38. The van der Waals surface area contributed by atoms with Crippen LogP contribution in [0.5, 0.6) is 5.75 Å². The highest BCUT2D eigenvalue weighted by atomic mass is 19.2. The summed E-state index contributed by atoms with van der Waals surface area (Å²) in [5, 5.41) is 0. The maximum absolute atomic E-state index is 15.3. The van der Waals surface area contributed by atoms with E-state index in [4.69, 9.17) is 4.65 Å². The van der Waals surface area contributed by atoms with Gasteiger partial charge in [-0.25, -0.2) is 70.2 Å². The fraction of sp³-hybridized carbons (Fsp3) is 0. The minimum Gasteiger partial charge on any atom is -0.702 e. The molecule has 0 fully saturated rings. The van der Waals surface area contributed by atoms with Crippen molar-refractivity contribution in [2.24, 2.45) is 0 Å². The fourth-order valence-corrected chi connectivity index (χ4v) is 4.26. The molecule has 0 heterocycles. The van der Waals surface area contributed by atoms with Crippen molar-refractivity contribution < 1.29 is 74.9 Å². The van der Waals surface area contributed by atoms with Gasteiger partial charge in [0, 0.05) is 0 Å². The predicted molar refractivity (Wildman–Crippen MR) is 110 cm³/mol. The Morgan fingerprint density at radius 1 is 0.310 bits per heavy atom. The summed E-state index contributed by atoms with van der Waals surface area (Å²) in [6.45, 7) is 0. The van der Waals surface area contributed by atoms with Crippen molar-refractivity contribution in [1.82, 2.24) is 0 Å². The van der Waals surface area contributed by atoms with E-state index < -0.39 is 122 Å². The molecule has 0 aliphatic heterocycles. The average Bonchev–Trinajstić information content (AvgIpc) is 2.96. The highest BCUT2D eigenvalue weighted by molar-refractivity contribution is 7.07. The standard InChI is InChI=1S/C24H4BF16O/c26-5-1-3-6(4-2-5)42-25(7-10(27)16(33)22(39)17(34)11(7)28,8-12(29)18(35)23(40)19(36)13(8)30)9-14(31)20(37)24(41)21(38)15(9)32/h1-4H/q-1. The van der Waals surface area contributed by atoms with Crippen molar-refractivity contribution in [3.63, 3.8) is 0 Å². The van der Waals surface area contributed by atoms with Gasteiger partial charge in [-0.3, -0.25) is 0 Å². The van der Waals surface area contributed by atoms with Gasteiger partial charge >= 0.3 is 0 Å². The lowest BCUT2D eigenvalue weighted by atomic mass is 9.27. The van der Waals surface area contributed by atoms with E-state index in [0.717, 1.165) is 0 Å². The molecule has 0 unspecified atom stereocenters. The van der Waals surface area contributed by atoms with Gasteiger partial charge in [0.1, 0.15) is 40.7 Å². The molecule has 0 saturated carbocycles. The lowest BCUT2D eigenvalue weighted by molar-refractivity contribution is 0.375. The molecule has 0 spiro atoms. The van der Waals surface area contributed by atoms with Crippen molar-refractivity contribution in [3.8, 4) is 5.75 Å². The zero-order chi connectivity index (χ0) is 31.6. The van der Waals surface area contributed by atoms with Crippen LogP contribution in [0.2, 0.25) is 0 Å². The van der Waals surface area contributed by atoms with Crippen LogP contribution in [-0.4, -0.2) is 6.35 Å². The zero-order valence-corrected chi connectivity index (χ0v) is 19.3. The molecule has 4 rings (SSSR count). The maximum atomic E-state index is 15.3. The summed E-state index contributed by atoms with van der Waals surface area (Å²) < 4.78 is 238. The Morgan fingerprint density at radius 3 is 0.762 bits per heavy atom. The van der Waals surface area contributed by atoms with E-state index in [1.807, 2.05) is 0 Å². The largest absolute Gasteiger partial charge is 0.702 e. The zero-order valence-electron chi connectivity index (χ0n) is 19.3. The van der Waals surface area contributed by atoms with Crippen molar-refractivity contribution in [3.05, 3.63) is 117 Å². The van der Waals surface area contributed by atoms with Gasteiger partial charge < -0.3 is 4.65 Å². The Balaban J connectivity index is 2.46. The highest BCUT2D eigenvalue weighted by Crippen LogP contribution is 2.30. The monoisotopic (exact) mass is 623 g/mol. The van der Waals surface area contributed by atoms with Crippen molar-refractivity contribution in [2.45, 2.75) is 0 Å². The molecule has 222 valence electrons. The quantitative estimate of drug-likeness (QED) is 0.116. The Kier molecular flexibility index (Phi) is 7.62. The summed E-state index contributed by atoms with van der Waals surface area (Å²) >= 11 is 0. The summed E-state index contributed by atoms with van der Waals surface area (Å²) in [6.07, 6.45) is -6.23. The third kappa shape index (κ3) is 4.22. The molecule has 0 bridgehead atoms. The smallest absolute Gasteiger partial charge is 0.266 e. The van der Waals surface area contributed by atoms with E-state index in [1.54, 1.807) is 0 Å². The van der Waals surface area contributed by atoms with E-state index in [-0.39, 0.29) is 12.1 Å². The van der Waals surface area contributed by atoms with Gasteiger partial charge in [0.05, 0.1) is 5.75 Å².